The highest BCUT2D eigenvalue weighted by atomic mass is 32.2. The number of aromatic nitrogens is 1. The Bertz CT molecular complexity index is 627. The van der Waals surface area contributed by atoms with Gasteiger partial charge in [-0.25, -0.2) is 4.98 Å². The molecule has 1 heterocycles. The zero-order valence-electron chi connectivity index (χ0n) is 10.9. The number of nitrogens with zero attached hydrogens (tertiary/aromatic N) is 2. The Morgan fingerprint density at radius 2 is 2.21 bits per heavy atom. The Kier molecular flexibility index (Phi) is 5.48. The van der Waals surface area contributed by atoms with E-state index < -0.39 is 10.1 Å². The topological polar surface area (TPSA) is 77.9 Å². The predicted molar refractivity (Wildman–Crippen MR) is 71.1 cm³/mol. The molecule has 0 saturated carbocycles. The quantitative estimate of drug-likeness (QED) is 0.353. The van der Waals surface area contributed by atoms with E-state index in [0.29, 0.717) is 17.1 Å². The number of pyridine rings is 1. The summed E-state index contributed by atoms with van der Waals surface area (Å²) in [5.41, 5.74) is 1.76. The Balaban J connectivity index is 2.78. The fourth-order valence-corrected chi connectivity index (χ4v) is 1.43. The summed E-state index contributed by atoms with van der Waals surface area (Å²) in [5, 5.41) is 3.77. The van der Waals surface area contributed by atoms with Crippen molar-refractivity contribution in [1.29, 1.82) is 0 Å². The van der Waals surface area contributed by atoms with Gasteiger partial charge >= 0.3 is 0 Å². The van der Waals surface area contributed by atoms with E-state index in [9.17, 15) is 8.42 Å². The molecule has 102 valence electrons. The second-order valence-electron chi connectivity index (χ2n) is 3.54. The van der Waals surface area contributed by atoms with Crippen LogP contribution in [0.15, 0.2) is 23.4 Å². The molecule has 0 aliphatic rings. The van der Waals surface area contributed by atoms with E-state index in [4.69, 9.17) is 0 Å². The van der Waals surface area contributed by atoms with Crippen LogP contribution in [0.3, 0.4) is 0 Å². The third kappa shape index (κ3) is 5.99. The van der Waals surface area contributed by atoms with E-state index in [-0.39, 0.29) is 6.61 Å². The van der Waals surface area contributed by atoms with Gasteiger partial charge in [-0.1, -0.05) is 17.1 Å². The van der Waals surface area contributed by atoms with Crippen molar-refractivity contribution in [2.24, 2.45) is 5.16 Å². The molecule has 0 spiro atoms. The van der Waals surface area contributed by atoms with Crippen LogP contribution in [0.25, 0.3) is 0 Å². The van der Waals surface area contributed by atoms with Gasteiger partial charge in [0.1, 0.15) is 25.1 Å². The zero-order chi connectivity index (χ0) is 14.3. The van der Waals surface area contributed by atoms with Crippen LogP contribution < -0.4 is 0 Å². The fourth-order valence-electron chi connectivity index (χ4n) is 1.15. The summed E-state index contributed by atoms with van der Waals surface area (Å²) in [7, 11) is -2.01. The molecule has 0 unspecified atom stereocenters. The SMILES string of the molecule is CON=C(C)c1cccc(C#CCOS(C)(=O)=O)n1. The van der Waals surface area contributed by atoms with Gasteiger partial charge in [0.2, 0.25) is 0 Å². The van der Waals surface area contributed by atoms with Crippen LogP contribution >= 0.6 is 0 Å². The average Bonchev–Trinajstić information content (AvgIpc) is 2.34. The summed E-state index contributed by atoms with van der Waals surface area (Å²) in [6.07, 6.45) is 0.970. The molecule has 0 aliphatic carbocycles. The van der Waals surface area contributed by atoms with Crippen molar-refractivity contribution < 1.29 is 17.4 Å². The third-order valence-electron chi connectivity index (χ3n) is 1.91. The van der Waals surface area contributed by atoms with E-state index in [0.717, 1.165) is 6.26 Å². The van der Waals surface area contributed by atoms with E-state index >= 15 is 0 Å². The van der Waals surface area contributed by atoms with E-state index in [2.05, 4.69) is 31.0 Å². The molecule has 0 fully saturated rings. The summed E-state index contributed by atoms with van der Waals surface area (Å²) in [5.74, 6) is 5.28. The Morgan fingerprint density at radius 1 is 1.47 bits per heavy atom. The number of rotatable bonds is 4. The summed E-state index contributed by atoms with van der Waals surface area (Å²) in [4.78, 5) is 8.89. The van der Waals surface area contributed by atoms with Crippen LogP contribution in [-0.2, 0) is 19.1 Å². The van der Waals surface area contributed by atoms with Crippen molar-refractivity contribution in [3.63, 3.8) is 0 Å². The molecule has 1 aromatic rings. The molecule has 0 amide bonds. The molecule has 0 aliphatic heterocycles. The highest BCUT2D eigenvalue weighted by molar-refractivity contribution is 7.85. The van der Waals surface area contributed by atoms with E-state index in [1.165, 1.54) is 7.11 Å². The van der Waals surface area contributed by atoms with Crippen LogP contribution in [0, 0.1) is 11.8 Å². The van der Waals surface area contributed by atoms with Gasteiger partial charge < -0.3 is 4.84 Å². The predicted octanol–water partition coefficient (Wildman–Crippen LogP) is 0.780. The van der Waals surface area contributed by atoms with Crippen molar-refractivity contribution in [2.45, 2.75) is 6.92 Å². The third-order valence-corrected chi connectivity index (χ3v) is 2.46. The molecule has 19 heavy (non-hydrogen) atoms. The number of oxime groups is 1. The minimum absolute atomic E-state index is 0.199. The van der Waals surface area contributed by atoms with Crippen molar-refractivity contribution in [1.82, 2.24) is 4.98 Å². The van der Waals surface area contributed by atoms with Gasteiger partial charge in [-0.2, -0.15) is 8.42 Å². The van der Waals surface area contributed by atoms with Gasteiger partial charge in [-0.3, -0.25) is 4.18 Å². The monoisotopic (exact) mass is 282 g/mol. The van der Waals surface area contributed by atoms with Crippen LogP contribution in [0.1, 0.15) is 18.3 Å². The normalized spacial score (nSPS) is 11.6. The smallest absolute Gasteiger partial charge is 0.265 e. The molecule has 7 heteroatoms. The highest BCUT2D eigenvalue weighted by Crippen LogP contribution is 2.00. The van der Waals surface area contributed by atoms with Crippen molar-refractivity contribution in [3.05, 3.63) is 29.6 Å². The number of hydrogen-bond donors (Lipinski definition) is 0. The number of hydrogen-bond acceptors (Lipinski definition) is 6. The molecule has 6 nitrogen and oxygen atoms in total. The van der Waals surface area contributed by atoms with Crippen LogP contribution in [0.4, 0.5) is 0 Å². The summed E-state index contributed by atoms with van der Waals surface area (Å²) >= 11 is 0. The first-order chi connectivity index (χ1) is 8.92. The van der Waals surface area contributed by atoms with Gasteiger partial charge in [-0.15, -0.1) is 0 Å². The molecule has 0 bridgehead atoms. The maximum atomic E-state index is 10.7. The van der Waals surface area contributed by atoms with Gasteiger partial charge in [-0.05, 0) is 25.0 Å². The average molecular weight is 282 g/mol. The molecule has 0 aromatic carbocycles. The van der Waals surface area contributed by atoms with Crippen molar-refractivity contribution >= 4 is 15.8 Å². The molecular weight excluding hydrogens is 268 g/mol. The highest BCUT2D eigenvalue weighted by Gasteiger charge is 2.00. The maximum absolute atomic E-state index is 10.7. The van der Waals surface area contributed by atoms with Gasteiger partial charge in [0, 0.05) is 0 Å². The standard InChI is InChI=1S/C12H14N2O4S/c1-10(14-17-2)12-8-4-6-11(13-12)7-5-9-18-19(3,15)16/h4,6,8H,9H2,1-3H3. The second-order valence-corrected chi connectivity index (χ2v) is 5.18. The van der Waals surface area contributed by atoms with E-state index in [1.807, 2.05) is 0 Å². The molecule has 0 atom stereocenters. The zero-order valence-corrected chi connectivity index (χ0v) is 11.7. The first kappa shape index (κ1) is 15.1. The van der Waals surface area contributed by atoms with E-state index in [1.54, 1.807) is 25.1 Å². The maximum Gasteiger partial charge on any atom is 0.265 e. The van der Waals surface area contributed by atoms with Gasteiger partial charge in [0.05, 0.1) is 11.9 Å². The summed E-state index contributed by atoms with van der Waals surface area (Å²) in [6.45, 7) is 1.56. The Morgan fingerprint density at radius 3 is 2.84 bits per heavy atom. The molecular formula is C12H14N2O4S. The molecule has 1 aromatic heterocycles. The molecule has 0 N–H and O–H groups in total. The minimum atomic E-state index is -3.47. The lowest BCUT2D eigenvalue weighted by Crippen LogP contribution is -2.03. The van der Waals surface area contributed by atoms with Crippen molar-refractivity contribution in [3.8, 4) is 11.8 Å². The lowest BCUT2D eigenvalue weighted by atomic mass is 10.2. The second kappa shape index (κ2) is 6.87. The van der Waals surface area contributed by atoms with Gasteiger partial charge in [0.25, 0.3) is 10.1 Å². The minimum Gasteiger partial charge on any atom is -0.399 e. The van der Waals surface area contributed by atoms with Crippen molar-refractivity contribution in [2.75, 3.05) is 20.0 Å². The molecule has 0 radical (unpaired) electrons. The Labute approximate surface area is 112 Å². The summed E-state index contributed by atoms with van der Waals surface area (Å²) < 4.78 is 25.9. The fraction of sp³-hybridized carbons (Fsp3) is 0.333. The lowest BCUT2D eigenvalue weighted by molar-refractivity contribution is 0.213. The van der Waals surface area contributed by atoms with Crippen LogP contribution in [0.5, 0.6) is 0 Å². The summed E-state index contributed by atoms with van der Waals surface area (Å²) in [6, 6.07) is 5.26. The first-order valence-electron chi connectivity index (χ1n) is 5.31. The molecule has 0 saturated heterocycles. The van der Waals surface area contributed by atoms with Gasteiger partial charge in [0.15, 0.2) is 0 Å². The van der Waals surface area contributed by atoms with Crippen LogP contribution in [-0.4, -0.2) is 39.1 Å². The molecule has 1 rings (SSSR count). The first-order valence-corrected chi connectivity index (χ1v) is 7.12. The lowest BCUT2D eigenvalue weighted by Gasteiger charge is -1.99. The largest absolute Gasteiger partial charge is 0.399 e. The Hall–Kier alpha value is -1.91. The van der Waals surface area contributed by atoms with Crippen LogP contribution in [0.2, 0.25) is 0 Å².